The fourth-order valence-electron chi connectivity index (χ4n) is 5.43. The molecule has 1 aromatic carbocycles. The zero-order chi connectivity index (χ0) is 23.2. The van der Waals surface area contributed by atoms with Gasteiger partial charge in [-0.25, -0.2) is 14.2 Å². The second-order valence-electron chi connectivity index (χ2n) is 9.10. The van der Waals surface area contributed by atoms with E-state index in [9.17, 15) is 14.3 Å². The molecule has 176 valence electrons. The summed E-state index contributed by atoms with van der Waals surface area (Å²) in [7, 11) is 0. The van der Waals surface area contributed by atoms with Crippen LogP contribution >= 0.6 is 0 Å². The summed E-state index contributed by atoms with van der Waals surface area (Å²) in [4.78, 5) is 16.4. The summed E-state index contributed by atoms with van der Waals surface area (Å²) < 4.78 is 27.4. The van der Waals surface area contributed by atoms with Crippen molar-refractivity contribution in [2.75, 3.05) is 19.8 Å². The minimum atomic E-state index is -0.922. The fraction of sp³-hybridized carbons (Fsp3) is 0.400. The zero-order valence-electron chi connectivity index (χ0n) is 18.5. The van der Waals surface area contributed by atoms with Crippen LogP contribution in [-0.2, 0) is 14.3 Å². The molecule has 5 heterocycles. The number of hydrogen-bond acceptors (Lipinski definition) is 5. The Labute approximate surface area is 194 Å². The zero-order valence-corrected chi connectivity index (χ0v) is 18.5. The van der Waals surface area contributed by atoms with E-state index in [1.807, 2.05) is 0 Å². The van der Waals surface area contributed by atoms with Crippen LogP contribution in [0.15, 0.2) is 36.5 Å². The molecule has 0 bridgehead atoms. The molecule has 3 aromatic heterocycles. The van der Waals surface area contributed by atoms with Crippen molar-refractivity contribution < 1.29 is 23.8 Å². The summed E-state index contributed by atoms with van der Waals surface area (Å²) in [6.45, 7) is 1.67. The summed E-state index contributed by atoms with van der Waals surface area (Å²) in [6.07, 6.45) is 3.85. The highest BCUT2D eigenvalue weighted by molar-refractivity contribution is 5.93. The van der Waals surface area contributed by atoms with E-state index in [0.717, 1.165) is 46.2 Å². The Balaban J connectivity index is 1.60. The minimum absolute atomic E-state index is 0.00511. The second kappa shape index (κ2) is 8.48. The van der Waals surface area contributed by atoms with Gasteiger partial charge in [-0.15, -0.1) is 0 Å². The second-order valence-corrected chi connectivity index (χ2v) is 9.10. The molecule has 2 saturated heterocycles. The molecular weight excluding hydrogens is 439 g/mol. The molecule has 2 atom stereocenters. The lowest BCUT2D eigenvalue weighted by atomic mass is 9.85. The Bertz CT molecular complexity index is 1350. The van der Waals surface area contributed by atoms with Crippen molar-refractivity contribution in [3.8, 4) is 5.69 Å². The number of aromatic amines is 1. The third-order valence-corrected chi connectivity index (χ3v) is 7.07. The van der Waals surface area contributed by atoms with Crippen molar-refractivity contribution in [1.82, 2.24) is 19.7 Å². The number of aromatic nitrogens is 4. The van der Waals surface area contributed by atoms with E-state index in [0.29, 0.717) is 38.3 Å². The van der Waals surface area contributed by atoms with Crippen molar-refractivity contribution in [3.05, 3.63) is 53.6 Å². The molecule has 2 N–H and O–H groups in total. The van der Waals surface area contributed by atoms with Gasteiger partial charge in [0.05, 0.1) is 23.8 Å². The summed E-state index contributed by atoms with van der Waals surface area (Å²) >= 11 is 0. The third-order valence-electron chi connectivity index (χ3n) is 7.07. The highest BCUT2D eigenvalue weighted by Crippen LogP contribution is 2.44. The van der Waals surface area contributed by atoms with Crippen molar-refractivity contribution in [3.63, 3.8) is 0 Å². The topological polar surface area (TPSA) is 102 Å². The number of pyridine rings is 1. The quantitative estimate of drug-likeness (QED) is 0.467. The molecule has 0 spiro atoms. The van der Waals surface area contributed by atoms with Crippen LogP contribution in [0.3, 0.4) is 0 Å². The monoisotopic (exact) mass is 464 g/mol. The van der Waals surface area contributed by atoms with Crippen LogP contribution in [0.1, 0.15) is 48.8 Å². The average Bonchev–Trinajstić information content (AvgIpc) is 3.45. The lowest BCUT2D eigenvalue weighted by molar-refractivity contribution is -0.153. The number of fused-ring (bicyclic) bond motifs is 2. The van der Waals surface area contributed by atoms with Gasteiger partial charge in [0.1, 0.15) is 5.82 Å². The van der Waals surface area contributed by atoms with E-state index >= 15 is 0 Å². The first kappa shape index (κ1) is 21.2. The number of nitrogens with one attached hydrogen (secondary N) is 1. The van der Waals surface area contributed by atoms with Crippen molar-refractivity contribution in [2.45, 2.75) is 43.6 Å². The summed E-state index contributed by atoms with van der Waals surface area (Å²) in [5.74, 6) is -0.972. The SMILES string of the molecule is O=C(O)C1CC[C@@H](c2c(C3CCOCC3)n(-c3ccc(F)cc3)c3cc4cn[nH]c4nc23)CO1. The molecule has 0 saturated carbocycles. The number of H-pyrrole nitrogens is 1. The Morgan fingerprint density at radius 1 is 1.12 bits per heavy atom. The highest BCUT2D eigenvalue weighted by atomic mass is 19.1. The molecule has 1 unspecified atom stereocenters. The average molecular weight is 464 g/mol. The lowest BCUT2D eigenvalue weighted by Gasteiger charge is -2.30. The van der Waals surface area contributed by atoms with Crippen LogP contribution in [0.5, 0.6) is 0 Å². The maximum Gasteiger partial charge on any atom is 0.332 e. The number of aliphatic carboxylic acids is 1. The molecule has 4 aromatic rings. The van der Waals surface area contributed by atoms with E-state index in [1.165, 1.54) is 12.1 Å². The Morgan fingerprint density at radius 2 is 1.91 bits per heavy atom. The van der Waals surface area contributed by atoms with E-state index in [4.69, 9.17) is 14.5 Å². The van der Waals surface area contributed by atoms with Gasteiger partial charge in [0.2, 0.25) is 0 Å². The largest absolute Gasteiger partial charge is 0.479 e. The van der Waals surface area contributed by atoms with Crippen LogP contribution in [-0.4, -0.2) is 56.7 Å². The van der Waals surface area contributed by atoms with Gasteiger partial charge in [-0.05, 0) is 56.0 Å². The first-order chi connectivity index (χ1) is 16.6. The van der Waals surface area contributed by atoms with E-state index in [1.54, 1.807) is 18.3 Å². The molecule has 2 fully saturated rings. The van der Waals surface area contributed by atoms with Crippen molar-refractivity contribution >= 4 is 28.0 Å². The maximum atomic E-state index is 13.8. The van der Waals surface area contributed by atoms with Gasteiger partial charge in [-0.1, -0.05) is 0 Å². The van der Waals surface area contributed by atoms with Gasteiger partial charge in [-0.3, -0.25) is 5.10 Å². The third kappa shape index (κ3) is 3.56. The predicted octanol–water partition coefficient (Wildman–Crippen LogP) is 4.28. The van der Waals surface area contributed by atoms with Crippen LogP contribution in [0.25, 0.3) is 27.8 Å². The smallest absolute Gasteiger partial charge is 0.332 e. The van der Waals surface area contributed by atoms with E-state index in [-0.39, 0.29) is 17.7 Å². The fourth-order valence-corrected chi connectivity index (χ4v) is 5.43. The molecule has 0 radical (unpaired) electrons. The molecular formula is C25H25FN4O4. The number of carbonyl (C=O) groups is 1. The lowest BCUT2D eigenvalue weighted by Crippen LogP contribution is -2.32. The molecule has 2 aliphatic heterocycles. The van der Waals surface area contributed by atoms with Gasteiger partial charge in [0.25, 0.3) is 0 Å². The molecule has 9 heteroatoms. The number of carboxylic acid groups (broad SMARTS) is 1. The van der Waals surface area contributed by atoms with Crippen LogP contribution in [0.2, 0.25) is 0 Å². The molecule has 0 aliphatic carbocycles. The van der Waals surface area contributed by atoms with Gasteiger partial charge in [-0.2, -0.15) is 5.10 Å². The van der Waals surface area contributed by atoms with Crippen molar-refractivity contribution in [2.24, 2.45) is 0 Å². The molecule has 34 heavy (non-hydrogen) atoms. The highest BCUT2D eigenvalue weighted by Gasteiger charge is 2.35. The van der Waals surface area contributed by atoms with Crippen LogP contribution in [0, 0.1) is 5.82 Å². The summed E-state index contributed by atoms with van der Waals surface area (Å²) in [5, 5.41) is 17.4. The first-order valence-electron chi connectivity index (χ1n) is 11.7. The van der Waals surface area contributed by atoms with Crippen LogP contribution in [0.4, 0.5) is 4.39 Å². The number of ether oxygens (including phenoxy) is 2. The number of hydrogen-bond donors (Lipinski definition) is 2. The van der Waals surface area contributed by atoms with E-state index < -0.39 is 12.1 Å². The number of nitrogens with zero attached hydrogens (tertiary/aromatic N) is 3. The van der Waals surface area contributed by atoms with Crippen molar-refractivity contribution in [1.29, 1.82) is 0 Å². The number of rotatable bonds is 4. The predicted molar refractivity (Wildman–Crippen MR) is 123 cm³/mol. The summed E-state index contributed by atoms with van der Waals surface area (Å²) in [6, 6.07) is 8.59. The van der Waals surface area contributed by atoms with E-state index in [2.05, 4.69) is 20.8 Å². The normalized spacial score (nSPS) is 21.9. The number of carboxylic acids is 1. The molecule has 2 aliphatic rings. The minimum Gasteiger partial charge on any atom is -0.479 e. The van der Waals surface area contributed by atoms with Gasteiger partial charge >= 0.3 is 5.97 Å². The Kier molecular flexibility index (Phi) is 5.30. The Morgan fingerprint density at radius 3 is 2.62 bits per heavy atom. The molecule has 6 rings (SSSR count). The molecule has 0 amide bonds. The van der Waals surface area contributed by atoms with Crippen LogP contribution < -0.4 is 0 Å². The number of benzene rings is 1. The summed E-state index contributed by atoms with van der Waals surface area (Å²) in [5.41, 5.74) is 5.57. The first-order valence-corrected chi connectivity index (χ1v) is 11.7. The Hall–Kier alpha value is -3.30. The van der Waals surface area contributed by atoms with Gasteiger partial charge in [0.15, 0.2) is 11.8 Å². The number of halogens is 1. The van der Waals surface area contributed by atoms with Gasteiger partial charge < -0.3 is 19.1 Å². The standard InChI is InChI=1S/C25H25FN4O4/c26-17-2-4-18(5-3-17)30-19-11-16-12-27-29-24(16)28-22(19)21(23(30)14-7-9-33-10-8-14)15-1-6-20(25(31)32)34-13-15/h2-5,11-12,14-15,20H,1,6-10,13H2,(H,31,32)(H,27,28,29)/t15-,20?/m1/s1. The maximum absolute atomic E-state index is 13.8. The molecule has 8 nitrogen and oxygen atoms in total. The van der Waals surface area contributed by atoms with Gasteiger partial charge in [0, 0.05) is 47.4 Å².